The highest BCUT2D eigenvalue weighted by Gasteiger charge is 2.08. The summed E-state index contributed by atoms with van der Waals surface area (Å²) in [6.45, 7) is 1.90. The first-order valence-corrected chi connectivity index (χ1v) is 6.03. The normalized spacial score (nSPS) is 9.89. The minimum absolute atomic E-state index is 0.345. The van der Waals surface area contributed by atoms with Crippen LogP contribution in [0.5, 0.6) is 11.5 Å². The maximum atomic E-state index is 13.1. The summed E-state index contributed by atoms with van der Waals surface area (Å²) < 4.78 is 19.4. The molecule has 2 nitrogen and oxygen atoms in total. The monoisotopic (exact) mass is 305 g/mol. The van der Waals surface area contributed by atoms with Gasteiger partial charge in [-0.2, -0.15) is 5.26 Å². The standard InChI is InChI=1S/C14H9BrFNO/c1-9-2-3-10(8-17)13(6-9)18-14-7-11(16)4-5-12(14)15/h2-7H,1H3. The van der Waals surface area contributed by atoms with E-state index >= 15 is 0 Å². The van der Waals surface area contributed by atoms with Crippen LogP contribution in [0.3, 0.4) is 0 Å². The predicted octanol–water partition coefficient (Wildman–Crippen LogP) is 4.56. The van der Waals surface area contributed by atoms with Gasteiger partial charge in [0.1, 0.15) is 23.4 Å². The molecule has 0 saturated heterocycles. The van der Waals surface area contributed by atoms with E-state index in [1.54, 1.807) is 18.2 Å². The van der Waals surface area contributed by atoms with Gasteiger partial charge in [-0.3, -0.25) is 0 Å². The van der Waals surface area contributed by atoms with Crippen molar-refractivity contribution in [1.29, 1.82) is 5.26 Å². The predicted molar refractivity (Wildman–Crippen MR) is 70.1 cm³/mol. The molecule has 0 heterocycles. The van der Waals surface area contributed by atoms with Gasteiger partial charge in [0, 0.05) is 6.07 Å². The first kappa shape index (κ1) is 12.6. The Morgan fingerprint density at radius 2 is 1.94 bits per heavy atom. The largest absolute Gasteiger partial charge is 0.455 e. The molecule has 0 aliphatic rings. The molecule has 0 radical (unpaired) electrons. The number of aryl methyl sites for hydroxylation is 1. The lowest BCUT2D eigenvalue weighted by atomic mass is 10.1. The van der Waals surface area contributed by atoms with Crippen molar-refractivity contribution in [2.24, 2.45) is 0 Å². The van der Waals surface area contributed by atoms with Gasteiger partial charge in [0.25, 0.3) is 0 Å². The molecule has 0 N–H and O–H groups in total. The smallest absolute Gasteiger partial charge is 0.145 e. The summed E-state index contributed by atoms with van der Waals surface area (Å²) in [4.78, 5) is 0. The van der Waals surface area contributed by atoms with Gasteiger partial charge in [0.2, 0.25) is 0 Å². The third kappa shape index (κ3) is 2.69. The second-order valence-corrected chi connectivity index (χ2v) is 4.64. The molecule has 0 aromatic heterocycles. The third-order valence-corrected chi connectivity index (χ3v) is 3.03. The Bertz CT molecular complexity index is 634. The van der Waals surface area contributed by atoms with Crippen molar-refractivity contribution in [2.75, 3.05) is 0 Å². The average molecular weight is 306 g/mol. The molecule has 0 saturated carbocycles. The zero-order valence-electron chi connectivity index (χ0n) is 9.58. The van der Waals surface area contributed by atoms with E-state index in [4.69, 9.17) is 10.00 Å². The topological polar surface area (TPSA) is 33.0 Å². The van der Waals surface area contributed by atoms with E-state index in [0.717, 1.165) is 5.56 Å². The Kier molecular flexibility index (Phi) is 3.63. The molecule has 0 spiro atoms. The Balaban J connectivity index is 2.43. The fraction of sp³-hybridized carbons (Fsp3) is 0.0714. The average Bonchev–Trinajstić information content (AvgIpc) is 2.34. The summed E-state index contributed by atoms with van der Waals surface area (Å²) >= 11 is 3.28. The maximum absolute atomic E-state index is 13.1. The highest BCUT2D eigenvalue weighted by Crippen LogP contribution is 2.32. The SMILES string of the molecule is Cc1ccc(C#N)c(Oc2cc(F)ccc2Br)c1. The van der Waals surface area contributed by atoms with E-state index in [0.29, 0.717) is 21.5 Å². The minimum Gasteiger partial charge on any atom is -0.455 e. The van der Waals surface area contributed by atoms with E-state index in [1.807, 2.05) is 19.1 Å². The summed E-state index contributed by atoms with van der Waals surface area (Å²) in [5, 5.41) is 9.00. The molecular weight excluding hydrogens is 297 g/mol. The van der Waals surface area contributed by atoms with Gasteiger partial charge >= 0.3 is 0 Å². The highest BCUT2D eigenvalue weighted by atomic mass is 79.9. The molecule has 0 aliphatic heterocycles. The van der Waals surface area contributed by atoms with Crippen molar-refractivity contribution >= 4 is 15.9 Å². The summed E-state index contributed by atoms with van der Waals surface area (Å²) in [7, 11) is 0. The number of ether oxygens (including phenoxy) is 1. The van der Waals surface area contributed by atoms with Crippen molar-refractivity contribution in [2.45, 2.75) is 6.92 Å². The lowest BCUT2D eigenvalue weighted by Crippen LogP contribution is -1.91. The molecule has 0 amide bonds. The van der Waals surface area contributed by atoms with Gasteiger partial charge in [0.05, 0.1) is 10.0 Å². The molecule has 0 atom stereocenters. The number of hydrogen-bond donors (Lipinski definition) is 0. The van der Waals surface area contributed by atoms with Crippen molar-refractivity contribution in [3.63, 3.8) is 0 Å². The highest BCUT2D eigenvalue weighted by molar-refractivity contribution is 9.10. The van der Waals surface area contributed by atoms with Crippen LogP contribution in [-0.4, -0.2) is 0 Å². The fourth-order valence-corrected chi connectivity index (χ4v) is 1.81. The van der Waals surface area contributed by atoms with Crippen LogP contribution in [0.15, 0.2) is 40.9 Å². The van der Waals surface area contributed by atoms with E-state index < -0.39 is 0 Å². The van der Waals surface area contributed by atoms with Crippen LogP contribution >= 0.6 is 15.9 Å². The van der Waals surface area contributed by atoms with Crippen LogP contribution in [0.25, 0.3) is 0 Å². The van der Waals surface area contributed by atoms with Gasteiger partial charge in [-0.05, 0) is 52.7 Å². The van der Waals surface area contributed by atoms with Crippen LogP contribution in [0.4, 0.5) is 4.39 Å². The van der Waals surface area contributed by atoms with Crippen molar-refractivity contribution in [1.82, 2.24) is 0 Å². The lowest BCUT2D eigenvalue weighted by molar-refractivity contribution is 0.472. The molecule has 2 rings (SSSR count). The summed E-state index contributed by atoms with van der Waals surface area (Å²) in [6, 6.07) is 11.5. The van der Waals surface area contributed by atoms with Crippen molar-refractivity contribution in [3.05, 3.63) is 57.8 Å². The van der Waals surface area contributed by atoms with Crippen LogP contribution in [0.2, 0.25) is 0 Å². The van der Waals surface area contributed by atoms with E-state index in [-0.39, 0.29) is 5.82 Å². The molecule has 0 unspecified atom stereocenters. The molecule has 2 aromatic rings. The quantitative estimate of drug-likeness (QED) is 0.815. The van der Waals surface area contributed by atoms with Crippen molar-refractivity contribution in [3.8, 4) is 17.6 Å². The van der Waals surface area contributed by atoms with Gasteiger partial charge in [0.15, 0.2) is 0 Å². The molecule has 4 heteroatoms. The Morgan fingerprint density at radius 3 is 2.67 bits per heavy atom. The number of nitrogens with zero attached hydrogens (tertiary/aromatic N) is 1. The maximum Gasteiger partial charge on any atom is 0.145 e. The minimum atomic E-state index is -0.389. The zero-order chi connectivity index (χ0) is 13.1. The molecule has 0 bridgehead atoms. The second-order valence-electron chi connectivity index (χ2n) is 3.79. The lowest BCUT2D eigenvalue weighted by Gasteiger charge is -2.09. The van der Waals surface area contributed by atoms with Crippen LogP contribution in [0, 0.1) is 24.1 Å². The van der Waals surface area contributed by atoms with Gasteiger partial charge < -0.3 is 4.74 Å². The zero-order valence-corrected chi connectivity index (χ0v) is 11.2. The second kappa shape index (κ2) is 5.19. The summed E-state index contributed by atoms with van der Waals surface area (Å²) in [5.74, 6) is 0.375. The molecule has 0 aliphatic carbocycles. The van der Waals surface area contributed by atoms with Gasteiger partial charge in [-0.1, -0.05) is 6.07 Å². The number of rotatable bonds is 2. The Hall–Kier alpha value is -1.86. The molecule has 2 aromatic carbocycles. The molecule has 0 fully saturated rings. The summed E-state index contributed by atoms with van der Waals surface area (Å²) in [5.41, 5.74) is 1.38. The third-order valence-electron chi connectivity index (χ3n) is 2.37. The van der Waals surface area contributed by atoms with Crippen LogP contribution in [0.1, 0.15) is 11.1 Å². The number of benzene rings is 2. The first-order valence-electron chi connectivity index (χ1n) is 5.24. The van der Waals surface area contributed by atoms with E-state index in [1.165, 1.54) is 12.1 Å². The number of hydrogen-bond acceptors (Lipinski definition) is 2. The van der Waals surface area contributed by atoms with Crippen molar-refractivity contribution < 1.29 is 9.13 Å². The van der Waals surface area contributed by atoms with E-state index in [2.05, 4.69) is 15.9 Å². The fourth-order valence-electron chi connectivity index (χ4n) is 1.48. The van der Waals surface area contributed by atoms with Crippen LogP contribution in [-0.2, 0) is 0 Å². The Morgan fingerprint density at radius 1 is 1.17 bits per heavy atom. The number of halogens is 2. The molecular formula is C14H9BrFNO. The number of nitriles is 1. The van der Waals surface area contributed by atoms with Gasteiger partial charge in [-0.15, -0.1) is 0 Å². The molecule has 18 heavy (non-hydrogen) atoms. The van der Waals surface area contributed by atoms with Crippen LogP contribution < -0.4 is 4.74 Å². The van der Waals surface area contributed by atoms with E-state index in [9.17, 15) is 4.39 Å². The summed E-state index contributed by atoms with van der Waals surface area (Å²) in [6.07, 6.45) is 0. The molecule has 90 valence electrons. The van der Waals surface area contributed by atoms with Gasteiger partial charge in [-0.25, -0.2) is 4.39 Å². The first-order chi connectivity index (χ1) is 8.60. The Labute approximate surface area is 113 Å².